The number of ether oxygens (including phenoxy) is 1. The summed E-state index contributed by atoms with van der Waals surface area (Å²) in [5, 5.41) is 2.79. The van der Waals surface area contributed by atoms with Crippen LogP contribution < -0.4 is 5.32 Å². The number of anilines is 1. The van der Waals surface area contributed by atoms with Gasteiger partial charge < -0.3 is 15.0 Å². The van der Waals surface area contributed by atoms with E-state index in [1.807, 2.05) is 31.2 Å². The highest BCUT2D eigenvalue weighted by Gasteiger charge is 2.16. The smallest absolute Gasteiger partial charge is 0.316 e. The number of benzene rings is 1. The van der Waals surface area contributed by atoms with Crippen molar-refractivity contribution in [1.29, 1.82) is 0 Å². The van der Waals surface area contributed by atoms with E-state index in [4.69, 9.17) is 4.74 Å². The zero-order valence-electron chi connectivity index (χ0n) is 15.9. The van der Waals surface area contributed by atoms with Crippen molar-refractivity contribution in [2.45, 2.75) is 39.0 Å². The first-order valence-corrected chi connectivity index (χ1v) is 10.6. The van der Waals surface area contributed by atoms with Crippen LogP contribution >= 0.6 is 11.8 Å². The molecule has 1 aliphatic heterocycles. The van der Waals surface area contributed by atoms with Crippen molar-refractivity contribution < 1.29 is 19.1 Å². The lowest BCUT2D eigenvalue weighted by atomic mass is 10.1. The van der Waals surface area contributed by atoms with Gasteiger partial charge in [-0.25, -0.2) is 0 Å². The summed E-state index contributed by atoms with van der Waals surface area (Å²) < 4.78 is 5.06. The Morgan fingerprint density at radius 1 is 1.07 bits per heavy atom. The Hall–Kier alpha value is -2.02. The second-order valence-electron chi connectivity index (χ2n) is 6.72. The number of carbonyl (C=O) groups excluding carboxylic acids is 3. The molecule has 6 nitrogen and oxygen atoms in total. The molecule has 0 spiro atoms. The number of esters is 1. The fraction of sp³-hybridized carbons (Fsp3) is 0.550. The van der Waals surface area contributed by atoms with E-state index in [0.717, 1.165) is 50.0 Å². The molecule has 0 saturated carbocycles. The van der Waals surface area contributed by atoms with Crippen molar-refractivity contribution >= 4 is 35.2 Å². The van der Waals surface area contributed by atoms with Crippen LogP contribution in [0.2, 0.25) is 0 Å². The Morgan fingerprint density at radius 2 is 1.78 bits per heavy atom. The first kappa shape index (κ1) is 21.3. The Bertz CT molecular complexity index is 643. The number of rotatable bonds is 7. The first-order chi connectivity index (χ1) is 13.0. The summed E-state index contributed by atoms with van der Waals surface area (Å²) >= 11 is 1.17. The maximum absolute atomic E-state index is 12.2. The maximum atomic E-state index is 12.2. The fourth-order valence-corrected chi connectivity index (χ4v) is 3.53. The van der Waals surface area contributed by atoms with Gasteiger partial charge in [-0.1, -0.05) is 31.4 Å². The second-order valence-corrected chi connectivity index (χ2v) is 7.71. The number of likely N-dealkylation sites (tertiary alicyclic amines) is 1. The highest BCUT2D eigenvalue weighted by molar-refractivity contribution is 8.00. The van der Waals surface area contributed by atoms with Crippen molar-refractivity contribution in [3.63, 3.8) is 0 Å². The summed E-state index contributed by atoms with van der Waals surface area (Å²) in [4.78, 5) is 37.6. The van der Waals surface area contributed by atoms with Gasteiger partial charge in [0.2, 0.25) is 5.91 Å². The summed E-state index contributed by atoms with van der Waals surface area (Å²) in [6.45, 7) is 3.22. The molecule has 0 aromatic heterocycles. The molecule has 2 rings (SSSR count). The van der Waals surface area contributed by atoms with Crippen LogP contribution in [0.3, 0.4) is 0 Å². The van der Waals surface area contributed by atoms with E-state index in [1.165, 1.54) is 18.2 Å². The third-order valence-electron chi connectivity index (χ3n) is 4.32. The molecule has 1 aromatic rings. The highest BCUT2D eigenvalue weighted by Crippen LogP contribution is 2.12. The van der Waals surface area contributed by atoms with Gasteiger partial charge >= 0.3 is 5.97 Å². The standard InChI is InChI=1S/C20H28N2O4S/c1-16-8-7-9-17(12-16)21-18(23)14-27-15-20(25)26-13-19(24)22-10-5-3-2-4-6-11-22/h7-9,12H,2-6,10-11,13-15H2,1H3,(H,21,23). The SMILES string of the molecule is Cc1cccc(NC(=O)CSCC(=O)OCC(=O)N2CCCCCCC2)c1. The lowest BCUT2D eigenvalue weighted by Crippen LogP contribution is -2.37. The molecule has 27 heavy (non-hydrogen) atoms. The lowest BCUT2D eigenvalue weighted by molar-refractivity contribution is -0.150. The van der Waals surface area contributed by atoms with Crippen LogP contribution in [-0.4, -0.2) is 53.9 Å². The van der Waals surface area contributed by atoms with Crippen molar-refractivity contribution in [2.24, 2.45) is 0 Å². The molecule has 0 unspecified atom stereocenters. The Balaban J connectivity index is 1.61. The average Bonchev–Trinajstić information content (AvgIpc) is 2.59. The van der Waals surface area contributed by atoms with Crippen LogP contribution in [0.25, 0.3) is 0 Å². The van der Waals surface area contributed by atoms with E-state index in [2.05, 4.69) is 5.32 Å². The predicted octanol–water partition coefficient (Wildman–Crippen LogP) is 3.00. The normalized spacial score (nSPS) is 14.8. The van der Waals surface area contributed by atoms with E-state index in [-0.39, 0.29) is 29.9 Å². The fourth-order valence-electron chi connectivity index (χ4n) is 2.92. The molecular weight excluding hydrogens is 364 g/mol. The first-order valence-electron chi connectivity index (χ1n) is 9.42. The molecule has 148 valence electrons. The molecule has 1 fully saturated rings. The van der Waals surface area contributed by atoms with E-state index >= 15 is 0 Å². The van der Waals surface area contributed by atoms with Crippen LogP contribution in [-0.2, 0) is 19.1 Å². The minimum absolute atomic E-state index is 0.0501. The van der Waals surface area contributed by atoms with Crippen molar-refractivity contribution in [3.8, 4) is 0 Å². The van der Waals surface area contributed by atoms with Gasteiger partial charge in [-0.05, 0) is 37.5 Å². The van der Waals surface area contributed by atoms with Crippen molar-refractivity contribution in [1.82, 2.24) is 4.90 Å². The van der Waals surface area contributed by atoms with Crippen LogP contribution in [0.5, 0.6) is 0 Å². The van der Waals surface area contributed by atoms with Gasteiger partial charge in [0.15, 0.2) is 6.61 Å². The summed E-state index contributed by atoms with van der Waals surface area (Å²) in [6.07, 6.45) is 5.53. The molecule has 0 radical (unpaired) electrons. The zero-order valence-corrected chi connectivity index (χ0v) is 16.7. The average molecular weight is 393 g/mol. The molecule has 0 aliphatic carbocycles. The molecular formula is C20H28N2O4S. The molecule has 1 aromatic carbocycles. The minimum Gasteiger partial charge on any atom is -0.455 e. The number of nitrogens with one attached hydrogen (secondary N) is 1. The maximum Gasteiger partial charge on any atom is 0.316 e. The van der Waals surface area contributed by atoms with Crippen LogP contribution in [0.4, 0.5) is 5.69 Å². The van der Waals surface area contributed by atoms with Gasteiger partial charge in [0.25, 0.3) is 5.91 Å². The molecule has 0 bridgehead atoms. The third kappa shape index (κ3) is 8.47. The van der Waals surface area contributed by atoms with E-state index < -0.39 is 5.97 Å². The summed E-state index contributed by atoms with van der Waals surface area (Å²) in [5.74, 6) is -0.566. The molecule has 2 amide bonds. The van der Waals surface area contributed by atoms with Gasteiger partial charge in [-0.15, -0.1) is 11.8 Å². The number of carbonyl (C=O) groups is 3. The number of hydrogen-bond donors (Lipinski definition) is 1. The van der Waals surface area contributed by atoms with Gasteiger partial charge in [-0.2, -0.15) is 0 Å². The van der Waals surface area contributed by atoms with Crippen molar-refractivity contribution in [3.05, 3.63) is 29.8 Å². The van der Waals surface area contributed by atoms with E-state index in [0.29, 0.717) is 0 Å². The predicted molar refractivity (Wildman–Crippen MR) is 108 cm³/mol. The van der Waals surface area contributed by atoms with Crippen LogP contribution in [0.15, 0.2) is 24.3 Å². The van der Waals surface area contributed by atoms with Crippen LogP contribution in [0.1, 0.15) is 37.7 Å². The largest absolute Gasteiger partial charge is 0.455 e. The summed E-state index contributed by atoms with van der Waals surface area (Å²) in [6, 6.07) is 7.53. The minimum atomic E-state index is -0.469. The summed E-state index contributed by atoms with van der Waals surface area (Å²) in [7, 11) is 0. The Morgan fingerprint density at radius 3 is 2.48 bits per heavy atom. The molecule has 0 atom stereocenters. The van der Waals surface area contributed by atoms with E-state index in [9.17, 15) is 14.4 Å². The molecule has 1 N–H and O–H groups in total. The van der Waals surface area contributed by atoms with Gasteiger partial charge in [0.05, 0.1) is 11.5 Å². The third-order valence-corrected chi connectivity index (χ3v) is 5.23. The van der Waals surface area contributed by atoms with Gasteiger partial charge in [0.1, 0.15) is 0 Å². The molecule has 1 heterocycles. The highest BCUT2D eigenvalue weighted by atomic mass is 32.2. The second kappa shape index (κ2) is 11.6. The van der Waals surface area contributed by atoms with Crippen molar-refractivity contribution in [2.75, 3.05) is 36.5 Å². The molecule has 1 saturated heterocycles. The Labute approximate surface area is 165 Å². The van der Waals surface area contributed by atoms with Gasteiger partial charge in [-0.3, -0.25) is 14.4 Å². The molecule has 1 aliphatic rings. The number of thioether (sulfide) groups is 1. The number of nitrogens with zero attached hydrogens (tertiary/aromatic N) is 1. The van der Waals surface area contributed by atoms with E-state index in [1.54, 1.807) is 4.90 Å². The lowest BCUT2D eigenvalue weighted by Gasteiger charge is -2.24. The summed E-state index contributed by atoms with van der Waals surface area (Å²) in [5.41, 5.74) is 1.80. The zero-order chi connectivity index (χ0) is 19.5. The quantitative estimate of drug-likeness (QED) is 0.722. The topological polar surface area (TPSA) is 75.7 Å². The number of hydrogen-bond acceptors (Lipinski definition) is 5. The Kier molecular flexibility index (Phi) is 9.18. The number of aryl methyl sites for hydroxylation is 1. The monoisotopic (exact) mass is 392 g/mol. The molecule has 7 heteroatoms. The van der Waals surface area contributed by atoms with Gasteiger partial charge in [0, 0.05) is 18.8 Å². The number of amides is 2. The van der Waals surface area contributed by atoms with Crippen LogP contribution in [0, 0.1) is 6.92 Å².